The van der Waals surface area contributed by atoms with Crippen LogP contribution in [0, 0.1) is 17.3 Å². The molecule has 0 spiro atoms. The summed E-state index contributed by atoms with van der Waals surface area (Å²) in [4.78, 5) is 20.0. The van der Waals surface area contributed by atoms with E-state index in [2.05, 4.69) is 75.4 Å². The molecule has 2 atom stereocenters. The van der Waals surface area contributed by atoms with Crippen LogP contribution in [0.25, 0.3) is 0 Å². The summed E-state index contributed by atoms with van der Waals surface area (Å²) in [5.41, 5.74) is 0.160. The Hall–Kier alpha value is -0.770. The highest BCUT2D eigenvalue weighted by molar-refractivity contribution is 5.78. The highest BCUT2D eigenvalue weighted by Crippen LogP contribution is 2.28. The molecule has 2 heterocycles. The molecule has 0 aromatic heterocycles. The fourth-order valence-electron chi connectivity index (χ4n) is 6.26. The molecule has 240 valence electrons. The Morgan fingerprint density at radius 2 is 1.49 bits per heavy atom. The normalized spacial score (nSPS) is 25.6. The summed E-state index contributed by atoms with van der Waals surface area (Å²) < 4.78 is 18.2. The van der Waals surface area contributed by atoms with Gasteiger partial charge in [0.15, 0.2) is 0 Å². The van der Waals surface area contributed by atoms with Crippen molar-refractivity contribution in [2.45, 2.75) is 111 Å². The summed E-state index contributed by atoms with van der Waals surface area (Å²) >= 11 is 0. The number of rotatable bonds is 15. The van der Waals surface area contributed by atoms with Crippen LogP contribution in [0.3, 0.4) is 0 Å². The highest BCUT2D eigenvalue weighted by Gasteiger charge is 2.34. The van der Waals surface area contributed by atoms with Crippen LogP contribution in [-0.2, 0) is 19.0 Å². The van der Waals surface area contributed by atoms with E-state index >= 15 is 0 Å². The maximum absolute atomic E-state index is 12.6. The topological polar surface area (TPSA) is 66.5 Å². The predicted octanol–water partition coefficient (Wildman–Crippen LogP) is 4.27. The van der Waals surface area contributed by atoms with Crippen LogP contribution in [0.2, 0.25) is 0 Å². The summed E-state index contributed by atoms with van der Waals surface area (Å²) in [6.45, 7) is 29.0. The SMILES string of the molecule is CC(COCC(C)(C)C)CC(C)CN1CCC(OC2CC(NC(=O)CN3CCN(CCOC(C)(C)C)CC3)C2)CC1. The highest BCUT2D eigenvalue weighted by atomic mass is 16.5. The Kier molecular flexibility index (Phi) is 13.8. The first kappa shape index (κ1) is 34.7. The summed E-state index contributed by atoms with van der Waals surface area (Å²) in [5, 5.41) is 3.25. The van der Waals surface area contributed by atoms with E-state index in [4.69, 9.17) is 14.2 Å². The molecule has 0 aromatic carbocycles. The van der Waals surface area contributed by atoms with E-state index < -0.39 is 0 Å². The average molecular weight is 581 g/mol. The number of carbonyl (C=O) groups is 1. The first-order valence-electron chi connectivity index (χ1n) is 16.6. The van der Waals surface area contributed by atoms with Gasteiger partial charge in [0, 0.05) is 65.0 Å². The summed E-state index contributed by atoms with van der Waals surface area (Å²) in [6, 6.07) is 0.277. The molecule has 3 rings (SSSR count). The number of hydrogen-bond donors (Lipinski definition) is 1. The lowest BCUT2D eigenvalue weighted by atomic mass is 9.88. The van der Waals surface area contributed by atoms with Gasteiger partial charge in [-0.3, -0.25) is 14.6 Å². The van der Waals surface area contributed by atoms with Gasteiger partial charge in [-0.05, 0) is 70.1 Å². The van der Waals surface area contributed by atoms with Gasteiger partial charge in [0.2, 0.25) is 5.91 Å². The maximum atomic E-state index is 12.6. The van der Waals surface area contributed by atoms with Crippen LogP contribution in [0.15, 0.2) is 0 Å². The molecule has 2 unspecified atom stereocenters. The molecular formula is C33H64N4O4. The van der Waals surface area contributed by atoms with Gasteiger partial charge in [0.05, 0.1) is 37.6 Å². The van der Waals surface area contributed by atoms with E-state index in [0.29, 0.717) is 30.6 Å². The number of nitrogens with one attached hydrogen (secondary N) is 1. The molecule has 1 aliphatic carbocycles. The Morgan fingerprint density at radius 3 is 2.10 bits per heavy atom. The minimum Gasteiger partial charge on any atom is -0.381 e. The van der Waals surface area contributed by atoms with E-state index in [0.717, 1.165) is 91.3 Å². The van der Waals surface area contributed by atoms with Gasteiger partial charge in [0.1, 0.15) is 0 Å². The Morgan fingerprint density at radius 1 is 0.854 bits per heavy atom. The Labute approximate surface area is 252 Å². The monoisotopic (exact) mass is 580 g/mol. The molecule has 1 N–H and O–H groups in total. The van der Waals surface area contributed by atoms with Crippen molar-refractivity contribution in [3.8, 4) is 0 Å². The lowest BCUT2D eigenvalue weighted by Crippen LogP contribution is -2.54. The van der Waals surface area contributed by atoms with Crippen molar-refractivity contribution >= 4 is 5.91 Å². The molecule has 2 aliphatic heterocycles. The first-order chi connectivity index (χ1) is 19.2. The number of hydrogen-bond acceptors (Lipinski definition) is 7. The Bertz CT molecular complexity index is 745. The first-order valence-corrected chi connectivity index (χ1v) is 16.6. The zero-order chi connectivity index (χ0) is 30.0. The quantitative estimate of drug-likeness (QED) is 0.310. The van der Waals surface area contributed by atoms with Crippen molar-refractivity contribution in [1.29, 1.82) is 0 Å². The zero-order valence-electron chi connectivity index (χ0n) is 27.9. The molecule has 3 fully saturated rings. The lowest BCUT2D eigenvalue weighted by molar-refractivity contribution is -0.127. The molecule has 2 saturated heterocycles. The van der Waals surface area contributed by atoms with E-state index in [1.54, 1.807) is 0 Å². The summed E-state index contributed by atoms with van der Waals surface area (Å²) in [7, 11) is 0. The average Bonchev–Trinajstić information content (AvgIpc) is 2.83. The van der Waals surface area contributed by atoms with Crippen molar-refractivity contribution in [2.75, 3.05) is 78.7 Å². The van der Waals surface area contributed by atoms with Crippen LogP contribution in [0.5, 0.6) is 0 Å². The number of piperazine rings is 1. The largest absolute Gasteiger partial charge is 0.381 e. The molecule has 1 amide bonds. The van der Waals surface area contributed by atoms with E-state index in [9.17, 15) is 4.79 Å². The van der Waals surface area contributed by atoms with Crippen LogP contribution >= 0.6 is 0 Å². The third-order valence-electron chi connectivity index (χ3n) is 8.47. The molecule has 0 bridgehead atoms. The third-order valence-corrected chi connectivity index (χ3v) is 8.47. The van der Waals surface area contributed by atoms with Crippen LogP contribution in [0.4, 0.5) is 0 Å². The number of likely N-dealkylation sites (tertiary alicyclic amines) is 1. The predicted molar refractivity (Wildman–Crippen MR) is 167 cm³/mol. The smallest absolute Gasteiger partial charge is 0.234 e. The molecule has 8 heteroatoms. The van der Waals surface area contributed by atoms with Crippen LogP contribution in [-0.4, -0.2) is 123 Å². The van der Waals surface area contributed by atoms with Gasteiger partial charge >= 0.3 is 0 Å². The molecule has 0 radical (unpaired) electrons. The maximum Gasteiger partial charge on any atom is 0.234 e. The molecule has 41 heavy (non-hydrogen) atoms. The van der Waals surface area contributed by atoms with E-state index in [1.165, 1.54) is 13.0 Å². The van der Waals surface area contributed by atoms with Gasteiger partial charge in [-0.1, -0.05) is 34.6 Å². The van der Waals surface area contributed by atoms with Crippen molar-refractivity contribution < 1.29 is 19.0 Å². The third kappa shape index (κ3) is 14.5. The van der Waals surface area contributed by atoms with Gasteiger partial charge in [-0.15, -0.1) is 0 Å². The number of ether oxygens (including phenoxy) is 3. The van der Waals surface area contributed by atoms with Gasteiger partial charge in [-0.25, -0.2) is 0 Å². The zero-order valence-corrected chi connectivity index (χ0v) is 27.9. The second-order valence-electron chi connectivity index (χ2n) is 15.6. The molecule has 3 aliphatic rings. The van der Waals surface area contributed by atoms with Crippen molar-refractivity contribution in [3.63, 3.8) is 0 Å². The van der Waals surface area contributed by atoms with Gasteiger partial charge in [0.25, 0.3) is 0 Å². The van der Waals surface area contributed by atoms with Crippen LogP contribution < -0.4 is 5.32 Å². The van der Waals surface area contributed by atoms with E-state index in [-0.39, 0.29) is 23.0 Å². The molecular weight excluding hydrogens is 516 g/mol. The minimum absolute atomic E-state index is 0.0806. The van der Waals surface area contributed by atoms with Crippen molar-refractivity contribution in [3.05, 3.63) is 0 Å². The molecule has 0 aromatic rings. The second kappa shape index (κ2) is 16.3. The van der Waals surface area contributed by atoms with E-state index in [1.807, 2.05) is 0 Å². The number of piperidine rings is 1. The number of amides is 1. The second-order valence-corrected chi connectivity index (χ2v) is 15.6. The number of nitrogens with zero attached hydrogens (tertiary/aromatic N) is 3. The lowest BCUT2D eigenvalue weighted by Gasteiger charge is -2.41. The van der Waals surface area contributed by atoms with Gasteiger partial charge < -0.3 is 24.4 Å². The summed E-state index contributed by atoms with van der Waals surface area (Å²) in [5.74, 6) is 1.46. The number of carbonyl (C=O) groups excluding carboxylic acids is 1. The van der Waals surface area contributed by atoms with Gasteiger partial charge in [-0.2, -0.15) is 0 Å². The molecule has 1 saturated carbocycles. The fraction of sp³-hybridized carbons (Fsp3) is 0.970. The minimum atomic E-state index is -0.0806. The standard InChI is InChI=1S/C33H64N4O4/c1-26(19-27(2)24-39-25-32(3,4)5)22-36-11-9-29(10-12-36)41-30-20-28(21-30)34-31(38)23-37-15-13-35(14-16-37)17-18-40-33(6,7)8/h26-30H,9-25H2,1-8H3,(H,34,38). The van der Waals surface area contributed by atoms with Crippen LogP contribution in [0.1, 0.15) is 87.5 Å². The fourth-order valence-corrected chi connectivity index (χ4v) is 6.26. The van der Waals surface area contributed by atoms with Crippen molar-refractivity contribution in [1.82, 2.24) is 20.0 Å². The summed E-state index contributed by atoms with van der Waals surface area (Å²) in [6.07, 6.45) is 6.07. The van der Waals surface area contributed by atoms with Crippen molar-refractivity contribution in [2.24, 2.45) is 17.3 Å². The molecule has 8 nitrogen and oxygen atoms in total. The Balaban J connectivity index is 1.19.